The molecule has 0 amide bonds. The van der Waals surface area contributed by atoms with Crippen LogP contribution in [-0.4, -0.2) is 12.5 Å². The van der Waals surface area contributed by atoms with Crippen molar-refractivity contribution >= 4 is 28.5 Å². The molecule has 0 saturated heterocycles. The Morgan fingerprint density at radius 2 is 1.89 bits per heavy atom. The minimum Gasteiger partial charge on any atom is -0.475 e. The zero-order valence-electron chi connectivity index (χ0n) is 10.0. The van der Waals surface area contributed by atoms with Gasteiger partial charge < -0.3 is 4.74 Å². The lowest BCUT2D eigenvalue weighted by Gasteiger charge is -2.04. The van der Waals surface area contributed by atoms with Crippen LogP contribution in [0.5, 0.6) is 0 Å². The normalized spacial score (nSPS) is 18.0. The van der Waals surface area contributed by atoms with E-state index in [1.807, 2.05) is 59.0 Å². The number of rotatable bonds is 2. The number of ether oxygens (including phenoxy) is 1. The van der Waals surface area contributed by atoms with E-state index in [0.717, 1.165) is 5.56 Å². The Morgan fingerprint density at radius 1 is 1.11 bits per heavy atom. The van der Waals surface area contributed by atoms with E-state index in [4.69, 9.17) is 4.74 Å². The van der Waals surface area contributed by atoms with Gasteiger partial charge in [0.25, 0.3) is 0 Å². The van der Waals surface area contributed by atoms with Crippen LogP contribution in [-0.2, 0) is 4.74 Å². The third-order valence-corrected chi connectivity index (χ3v) is 3.85. The van der Waals surface area contributed by atoms with E-state index in [0.29, 0.717) is 21.6 Å². The molecule has 0 spiro atoms. The van der Waals surface area contributed by atoms with Crippen molar-refractivity contribution in [1.29, 1.82) is 0 Å². The van der Waals surface area contributed by atoms with Gasteiger partial charge in [-0.3, -0.25) is 0 Å². The van der Waals surface area contributed by atoms with Crippen LogP contribution in [0.3, 0.4) is 0 Å². The minimum absolute atomic E-state index is 0.0477. The molecular formula is C15H11FINO. The summed E-state index contributed by atoms with van der Waals surface area (Å²) in [5.41, 5.74) is 1.52. The minimum atomic E-state index is -0.268. The molecule has 19 heavy (non-hydrogen) atoms. The predicted octanol–water partition coefficient (Wildman–Crippen LogP) is 3.95. The van der Waals surface area contributed by atoms with Gasteiger partial charge in [0.2, 0.25) is 5.90 Å². The molecule has 1 atom stereocenters. The highest BCUT2D eigenvalue weighted by Crippen LogP contribution is 2.26. The molecule has 0 fully saturated rings. The fourth-order valence-electron chi connectivity index (χ4n) is 2.04. The molecule has 0 aliphatic carbocycles. The van der Waals surface area contributed by atoms with Crippen molar-refractivity contribution in [3.05, 3.63) is 69.0 Å². The Balaban J connectivity index is 1.94. The van der Waals surface area contributed by atoms with Gasteiger partial charge in [0.15, 0.2) is 0 Å². The van der Waals surface area contributed by atoms with Crippen molar-refractivity contribution < 1.29 is 9.13 Å². The summed E-state index contributed by atoms with van der Waals surface area (Å²) in [6.07, 6.45) is 0. The fourth-order valence-corrected chi connectivity index (χ4v) is 2.53. The zero-order chi connectivity index (χ0) is 13.2. The second kappa shape index (κ2) is 5.28. The van der Waals surface area contributed by atoms with Crippen LogP contribution in [0.1, 0.15) is 17.2 Å². The van der Waals surface area contributed by atoms with E-state index in [1.165, 1.54) is 0 Å². The monoisotopic (exact) mass is 367 g/mol. The first-order chi connectivity index (χ1) is 9.25. The van der Waals surface area contributed by atoms with Crippen molar-refractivity contribution in [3.63, 3.8) is 0 Å². The summed E-state index contributed by atoms with van der Waals surface area (Å²) in [4.78, 5) is 4.48. The largest absolute Gasteiger partial charge is 0.475 e. The maximum Gasteiger partial charge on any atom is 0.219 e. The van der Waals surface area contributed by atoms with Crippen LogP contribution in [0.25, 0.3) is 0 Å². The summed E-state index contributed by atoms with van der Waals surface area (Å²) in [5, 5.41) is 0. The summed E-state index contributed by atoms with van der Waals surface area (Å²) in [5.74, 6) is 0.125. The van der Waals surface area contributed by atoms with Gasteiger partial charge in [-0.15, -0.1) is 0 Å². The van der Waals surface area contributed by atoms with E-state index in [-0.39, 0.29) is 11.9 Å². The maximum atomic E-state index is 14.0. The van der Waals surface area contributed by atoms with Gasteiger partial charge in [0.1, 0.15) is 18.5 Å². The van der Waals surface area contributed by atoms with E-state index in [9.17, 15) is 4.39 Å². The van der Waals surface area contributed by atoms with Crippen LogP contribution >= 0.6 is 22.6 Å². The molecule has 4 heteroatoms. The quantitative estimate of drug-likeness (QED) is 0.737. The highest BCUT2D eigenvalue weighted by atomic mass is 127. The van der Waals surface area contributed by atoms with Crippen molar-refractivity contribution in [2.45, 2.75) is 6.04 Å². The Morgan fingerprint density at radius 3 is 2.68 bits per heavy atom. The first-order valence-electron chi connectivity index (χ1n) is 5.95. The standard InChI is InChI=1S/C15H11FINO/c16-14-11(7-4-8-12(14)17)15-18-13(9-19-15)10-5-2-1-3-6-10/h1-8,13H,9H2. The van der Waals surface area contributed by atoms with E-state index in [1.54, 1.807) is 12.1 Å². The van der Waals surface area contributed by atoms with Crippen molar-refractivity contribution in [3.8, 4) is 0 Å². The lowest BCUT2D eigenvalue weighted by Crippen LogP contribution is -2.05. The highest BCUT2D eigenvalue weighted by molar-refractivity contribution is 14.1. The number of aliphatic imine (C=N–C) groups is 1. The molecule has 3 rings (SSSR count). The van der Waals surface area contributed by atoms with Gasteiger partial charge in [-0.25, -0.2) is 9.38 Å². The lowest BCUT2D eigenvalue weighted by atomic mass is 10.1. The number of halogens is 2. The summed E-state index contributed by atoms with van der Waals surface area (Å²) < 4.78 is 20.1. The van der Waals surface area contributed by atoms with Gasteiger partial charge in [-0.2, -0.15) is 0 Å². The molecule has 2 aromatic rings. The van der Waals surface area contributed by atoms with Gasteiger partial charge in [-0.1, -0.05) is 36.4 Å². The number of benzene rings is 2. The van der Waals surface area contributed by atoms with Gasteiger partial charge in [0, 0.05) is 3.57 Å². The van der Waals surface area contributed by atoms with Gasteiger partial charge in [-0.05, 0) is 40.3 Å². The lowest BCUT2D eigenvalue weighted by molar-refractivity contribution is 0.318. The topological polar surface area (TPSA) is 21.6 Å². The second-order valence-electron chi connectivity index (χ2n) is 4.27. The molecule has 1 aliphatic rings. The maximum absolute atomic E-state index is 14.0. The van der Waals surface area contributed by atoms with Crippen LogP contribution in [0.4, 0.5) is 4.39 Å². The molecule has 0 bridgehead atoms. The zero-order valence-corrected chi connectivity index (χ0v) is 12.2. The molecule has 2 nitrogen and oxygen atoms in total. The summed E-state index contributed by atoms with van der Waals surface area (Å²) in [6, 6.07) is 15.1. The molecule has 1 aliphatic heterocycles. The van der Waals surface area contributed by atoms with E-state index >= 15 is 0 Å². The first kappa shape index (κ1) is 12.6. The van der Waals surface area contributed by atoms with E-state index < -0.39 is 0 Å². The Kier molecular flexibility index (Phi) is 3.50. The first-order valence-corrected chi connectivity index (χ1v) is 7.03. The molecule has 96 valence electrons. The van der Waals surface area contributed by atoms with Crippen molar-refractivity contribution in [2.75, 3.05) is 6.61 Å². The Bertz CT molecular complexity index is 627. The average molecular weight is 367 g/mol. The van der Waals surface area contributed by atoms with Gasteiger partial charge >= 0.3 is 0 Å². The SMILES string of the molecule is Fc1c(I)cccc1C1=NC(c2ccccc2)CO1. The molecule has 1 heterocycles. The molecule has 2 aromatic carbocycles. The van der Waals surface area contributed by atoms with Gasteiger partial charge in [0.05, 0.1) is 5.56 Å². The molecule has 1 unspecified atom stereocenters. The van der Waals surface area contributed by atoms with Crippen LogP contribution < -0.4 is 0 Å². The molecule has 0 radical (unpaired) electrons. The summed E-state index contributed by atoms with van der Waals surface area (Å²) >= 11 is 1.97. The predicted molar refractivity (Wildman–Crippen MR) is 80.8 cm³/mol. The van der Waals surface area contributed by atoms with E-state index in [2.05, 4.69) is 4.99 Å². The highest BCUT2D eigenvalue weighted by Gasteiger charge is 2.23. The number of nitrogens with zero attached hydrogens (tertiary/aromatic N) is 1. The smallest absolute Gasteiger partial charge is 0.219 e. The molecule has 0 N–H and O–H groups in total. The third kappa shape index (κ3) is 2.49. The number of hydrogen-bond acceptors (Lipinski definition) is 2. The average Bonchev–Trinajstić information content (AvgIpc) is 2.92. The second-order valence-corrected chi connectivity index (χ2v) is 5.44. The Hall–Kier alpha value is -1.43. The Labute approximate surface area is 124 Å². The molecule has 0 saturated carbocycles. The number of hydrogen-bond donors (Lipinski definition) is 0. The third-order valence-electron chi connectivity index (χ3n) is 3.02. The summed E-state index contributed by atoms with van der Waals surface area (Å²) in [6.45, 7) is 0.463. The molecular weight excluding hydrogens is 356 g/mol. The van der Waals surface area contributed by atoms with Crippen LogP contribution in [0.15, 0.2) is 53.5 Å². The molecule has 0 aromatic heterocycles. The van der Waals surface area contributed by atoms with Crippen molar-refractivity contribution in [2.24, 2.45) is 4.99 Å². The van der Waals surface area contributed by atoms with Crippen LogP contribution in [0, 0.1) is 9.39 Å². The van der Waals surface area contributed by atoms with Crippen LogP contribution in [0.2, 0.25) is 0 Å². The summed E-state index contributed by atoms with van der Waals surface area (Å²) in [7, 11) is 0. The van der Waals surface area contributed by atoms with Crippen molar-refractivity contribution in [1.82, 2.24) is 0 Å². The fraction of sp³-hybridized carbons (Fsp3) is 0.133.